The van der Waals surface area contributed by atoms with Crippen LogP contribution in [0, 0.1) is 0 Å². The highest BCUT2D eigenvalue weighted by molar-refractivity contribution is 5.82. The van der Waals surface area contributed by atoms with Gasteiger partial charge < -0.3 is 0 Å². The second-order valence-corrected chi connectivity index (χ2v) is 6.02. The van der Waals surface area contributed by atoms with Gasteiger partial charge >= 0.3 is 0 Å². The molecule has 21 heavy (non-hydrogen) atoms. The van der Waals surface area contributed by atoms with Gasteiger partial charge in [-0.15, -0.1) is 0 Å². The van der Waals surface area contributed by atoms with Crippen LogP contribution in [0.1, 0.15) is 61.1 Å². The van der Waals surface area contributed by atoms with Gasteiger partial charge in [0.05, 0.1) is 0 Å². The molecule has 0 spiro atoms. The molecule has 0 radical (unpaired) electrons. The third-order valence-corrected chi connectivity index (χ3v) is 5.13. The lowest BCUT2D eigenvalue weighted by Gasteiger charge is -2.22. The molecule has 1 aliphatic carbocycles. The Balaban J connectivity index is 2.40. The highest BCUT2D eigenvalue weighted by atomic mass is 14.3. The van der Waals surface area contributed by atoms with E-state index in [9.17, 15) is 0 Å². The topological polar surface area (TPSA) is 0 Å². The van der Waals surface area contributed by atoms with Crippen LogP contribution in [-0.2, 0) is 32.1 Å². The maximum Gasteiger partial charge on any atom is -0.00105 e. The normalized spacial score (nSPS) is 12.4. The largest absolute Gasteiger partial charge is 0.0619 e. The van der Waals surface area contributed by atoms with Crippen LogP contribution in [0.15, 0.2) is 24.3 Å². The van der Waals surface area contributed by atoms with Gasteiger partial charge in [-0.25, -0.2) is 0 Å². The molecular weight excluding hydrogens is 252 g/mol. The molecule has 0 bridgehead atoms. The van der Waals surface area contributed by atoms with Gasteiger partial charge in [-0.2, -0.15) is 0 Å². The van der Waals surface area contributed by atoms with Crippen molar-refractivity contribution in [2.75, 3.05) is 0 Å². The van der Waals surface area contributed by atoms with Crippen LogP contribution in [0.5, 0.6) is 0 Å². The van der Waals surface area contributed by atoms with Crippen molar-refractivity contribution in [3.05, 3.63) is 57.6 Å². The van der Waals surface area contributed by atoms with Crippen LogP contribution in [0.25, 0.3) is 11.1 Å². The molecule has 0 fully saturated rings. The molecule has 1 aliphatic rings. The monoisotopic (exact) mass is 278 g/mol. The average molecular weight is 278 g/mol. The zero-order valence-electron chi connectivity index (χ0n) is 13.8. The molecule has 110 valence electrons. The lowest BCUT2D eigenvalue weighted by atomic mass is 9.82. The van der Waals surface area contributed by atoms with Gasteiger partial charge in [-0.3, -0.25) is 0 Å². The van der Waals surface area contributed by atoms with Crippen molar-refractivity contribution >= 4 is 0 Å². The van der Waals surface area contributed by atoms with Crippen molar-refractivity contribution < 1.29 is 0 Å². The maximum atomic E-state index is 2.32. The molecule has 0 nitrogen and oxygen atoms in total. The lowest BCUT2D eigenvalue weighted by molar-refractivity contribution is 0.932. The van der Waals surface area contributed by atoms with Crippen molar-refractivity contribution in [1.82, 2.24) is 0 Å². The summed E-state index contributed by atoms with van der Waals surface area (Å²) >= 11 is 0. The van der Waals surface area contributed by atoms with E-state index in [1.165, 1.54) is 17.5 Å². The molecule has 0 atom stereocenters. The fraction of sp³-hybridized carbons (Fsp3) is 0.429. The van der Waals surface area contributed by atoms with Gasteiger partial charge in [-0.05, 0) is 76.6 Å². The summed E-state index contributed by atoms with van der Waals surface area (Å²) in [5.41, 5.74) is 12.8. The van der Waals surface area contributed by atoms with Crippen molar-refractivity contribution in [2.24, 2.45) is 0 Å². The molecule has 0 aromatic heterocycles. The molecular formula is C21H26. The maximum absolute atomic E-state index is 2.32. The Bertz CT molecular complexity index is 677. The Morgan fingerprint density at radius 2 is 1.29 bits per heavy atom. The molecule has 0 saturated carbocycles. The van der Waals surface area contributed by atoms with Crippen LogP contribution in [0.2, 0.25) is 0 Å². The van der Waals surface area contributed by atoms with Crippen molar-refractivity contribution in [2.45, 2.75) is 59.8 Å². The lowest BCUT2D eigenvalue weighted by Crippen LogP contribution is -2.07. The molecule has 0 heteroatoms. The Morgan fingerprint density at radius 3 is 1.90 bits per heavy atom. The van der Waals surface area contributed by atoms with Crippen molar-refractivity contribution in [3.8, 4) is 11.1 Å². The van der Waals surface area contributed by atoms with E-state index in [0.29, 0.717) is 0 Å². The molecule has 0 unspecified atom stereocenters. The molecule has 2 aromatic carbocycles. The predicted molar refractivity (Wildman–Crippen MR) is 92.2 cm³/mol. The Labute approximate surface area is 129 Å². The fourth-order valence-corrected chi connectivity index (χ4v) is 4.33. The van der Waals surface area contributed by atoms with Crippen LogP contribution in [0.3, 0.4) is 0 Å². The minimum absolute atomic E-state index is 1.14. The van der Waals surface area contributed by atoms with Gasteiger partial charge in [0.2, 0.25) is 0 Å². The Kier molecular flexibility index (Phi) is 3.89. The number of fused-ring (bicyclic) bond motifs is 3. The third-order valence-electron chi connectivity index (χ3n) is 5.13. The molecule has 2 aromatic rings. The van der Waals surface area contributed by atoms with Crippen LogP contribution >= 0.6 is 0 Å². The summed E-state index contributed by atoms with van der Waals surface area (Å²) in [6.07, 6.45) is 5.78. The quantitative estimate of drug-likeness (QED) is 0.590. The number of rotatable bonds is 4. The standard InChI is InChI=1S/C21H26/c1-5-15-16(6-2)18(8-4)21-19-12-10-9-11-14(19)13-20(21)17(15)7-3/h9-12H,5-8,13H2,1-4H3. The van der Waals surface area contributed by atoms with E-state index >= 15 is 0 Å². The average Bonchev–Trinajstić information content (AvgIpc) is 2.91. The highest BCUT2D eigenvalue weighted by Gasteiger charge is 2.27. The minimum atomic E-state index is 1.14. The summed E-state index contributed by atoms with van der Waals surface area (Å²) in [5, 5.41) is 0. The van der Waals surface area contributed by atoms with Crippen LogP contribution < -0.4 is 0 Å². The van der Waals surface area contributed by atoms with Gasteiger partial charge in [0.15, 0.2) is 0 Å². The van der Waals surface area contributed by atoms with E-state index in [0.717, 1.165) is 25.7 Å². The number of hydrogen-bond acceptors (Lipinski definition) is 0. The molecule has 0 amide bonds. The summed E-state index contributed by atoms with van der Waals surface area (Å²) in [4.78, 5) is 0. The smallest absolute Gasteiger partial charge is 0.00105 e. The SMILES string of the molecule is CCc1c(CC)c(CC)c2c(c1CC)Cc1ccccc1-2. The van der Waals surface area contributed by atoms with E-state index in [4.69, 9.17) is 0 Å². The molecule has 3 rings (SSSR count). The highest BCUT2D eigenvalue weighted by Crippen LogP contribution is 2.44. The summed E-state index contributed by atoms with van der Waals surface area (Å²) in [6.45, 7) is 9.28. The summed E-state index contributed by atoms with van der Waals surface area (Å²) in [6, 6.07) is 9.01. The third kappa shape index (κ3) is 2.04. The molecule has 0 saturated heterocycles. The van der Waals surface area contributed by atoms with E-state index in [2.05, 4.69) is 52.0 Å². The van der Waals surface area contributed by atoms with Crippen LogP contribution in [-0.4, -0.2) is 0 Å². The van der Waals surface area contributed by atoms with E-state index in [1.807, 2.05) is 0 Å². The predicted octanol–water partition coefficient (Wildman–Crippen LogP) is 5.51. The minimum Gasteiger partial charge on any atom is -0.0619 e. The second kappa shape index (κ2) is 5.67. The van der Waals surface area contributed by atoms with Gasteiger partial charge in [0.25, 0.3) is 0 Å². The number of benzene rings is 2. The first-order valence-corrected chi connectivity index (χ1v) is 8.53. The van der Waals surface area contributed by atoms with Crippen LogP contribution in [0.4, 0.5) is 0 Å². The van der Waals surface area contributed by atoms with Crippen molar-refractivity contribution in [3.63, 3.8) is 0 Å². The molecule has 0 N–H and O–H groups in total. The van der Waals surface area contributed by atoms with Crippen molar-refractivity contribution in [1.29, 1.82) is 0 Å². The van der Waals surface area contributed by atoms with E-state index < -0.39 is 0 Å². The second-order valence-electron chi connectivity index (χ2n) is 6.02. The zero-order chi connectivity index (χ0) is 15.0. The van der Waals surface area contributed by atoms with Gasteiger partial charge in [0, 0.05) is 0 Å². The van der Waals surface area contributed by atoms with Gasteiger partial charge in [0.1, 0.15) is 0 Å². The Hall–Kier alpha value is -1.56. The molecule has 0 heterocycles. The first-order chi connectivity index (χ1) is 10.3. The number of hydrogen-bond donors (Lipinski definition) is 0. The first kappa shape index (κ1) is 14.4. The first-order valence-electron chi connectivity index (χ1n) is 8.53. The summed E-state index contributed by atoms with van der Waals surface area (Å²) in [7, 11) is 0. The van der Waals surface area contributed by atoms with Gasteiger partial charge in [-0.1, -0.05) is 52.0 Å². The molecule has 0 aliphatic heterocycles. The summed E-state index contributed by atoms with van der Waals surface area (Å²) < 4.78 is 0. The fourth-order valence-electron chi connectivity index (χ4n) is 4.33. The zero-order valence-corrected chi connectivity index (χ0v) is 13.8. The summed E-state index contributed by atoms with van der Waals surface area (Å²) in [5.74, 6) is 0. The Morgan fingerprint density at radius 1 is 0.714 bits per heavy atom. The van der Waals surface area contributed by atoms with E-state index in [-0.39, 0.29) is 0 Å². The van der Waals surface area contributed by atoms with E-state index in [1.54, 1.807) is 33.4 Å².